The number of nitrogens with zero attached hydrogens (tertiary/aromatic N) is 1. The van der Waals surface area contributed by atoms with Gasteiger partial charge >= 0.3 is 0 Å². The molecule has 6 nitrogen and oxygen atoms in total. The highest BCUT2D eigenvalue weighted by molar-refractivity contribution is 6.04. The largest absolute Gasteiger partial charge is 0.497 e. The molecule has 6 heteroatoms. The average Bonchev–Trinajstić information content (AvgIpc) is 3.07. The highest BCUT2D eigenvalue weighted by Gasteiger charge is 2.41. The van der Waals surface area contributed by atoms with Gasteiger partial charge in [0.25, 0.3) is 0 Å². The zero-order chi connectivity index (χ0) is 18.1. The van der Waals surface area contributed by atoms with Crippen LogP contribution in [0.25, 0.3) is 0 Å². The number of nitrogens with one attached hydrogen (secondary N) is 2. The van der Waals surface area contributed by atoms with Gasteiger partial charge in [-0.15, -0.1) is 0 Å². The first-order valence-electron chi connectivity index (χ1n) is 8.73. The molecule has 0 bridgehead atoms. The molecule has 0 aliphatic carbocycles. The molecule has 0 spiro atoms. The summed E-state index contributed by atoms with van der Waals surface area (Å²) in [6.45, 7) is 0.642. The van der Waals surface area contributed by atoms with Crippen molar-refractivity contribution >= 4 is 23.2 Å². The molecule has 2 aromatic carbocycles. The van der Waals surface area contributed by atoms with Crippen LogP contribution < -0.4 is 20.3 Å². The van der Waals surface area contributed by atoms with Crippen LogP contribution in [0, 0.1) is 0 Å². The number of benzene rings is 2. The van der Waals surface area contributed by atoms with E-state index >= 15 is 0 Å². The molecule has 0 aromatic heterocycles. The van der Waals surface area contributed by atoms with Crippen LogP contribution in [-0.4, -0.2) is 37.6 Å². The van der Waals surface area contributed by atoms with E-state index in [0.29, 0.717) is 19.4 Å². The smallest absolute Gasteiger partial charge is 0.247 e. The number of carbonyl (C=O) groups excluding carboxylic acids is 2. The van der Waals surface area contributed by atoms with Crippen LogP contribution in [0.2, 0.25) is 0 Å². The van der Waals surface area contributed by atoms with E-state index in [1.54, 1.807) is 7.11 Å². The SMILES string of the molecule is COc1ccc(CC(=O)NC2CC3C(=O)Nc4ccccc4N3C2)cc1. The molecule has 2 N–H and O–H groups in total. The van der Waals surface area contributed by atoms with E-state index in [2.05, 4.69) is 15.5 Å². The number of para-hydroxylation sites is 2. The number of hydrogen-bond donors (Lipinski definition) is 2. The maximum Gasteiger partial charge on any atom is 0.247 e. The molecule has 0 radical (unpaired) electrons. The van der Waals surface area contributed by atoms with Gasteiger partial charge in [-0.1, -0.05) is 24.3 Å². The summed E-state index contributed by atoms with van der Waals surface area (Å²) in [5.41, 5.74) is 2.78. The van der Waals surface area contributed by atoms with Crippen LogP contribution in [0.3, 0.4) is 0 Å². The van der Waals surface area contributed by atoms with Crippen LogP contribution in [0.15, 0.2) is 48.5 Å². The second-order valence-corrected chi connectivity index (χ2v) is 6.70. The first-order valence-corrected chi connectivity index (χ1v) is 8.73. The van der Waals surface area contributed by atoms with Crippen molar-refractivity contribution in [3.63, 3.8) is 0 Å². The number of amides is 2. The minimum atomic E-state index is -0.226. The number of fused-ring (bicyclic) bond motifs is 3. The molecule has 2 aliphatic heterocycles. The summed E-state index contributed by atoms with van der Waals surface area (Å²) in [5, 5.41) is 6.02. The van der Waals surface area contributed by atoms with Gasteiger partial charge in [-0.2, -0.15) is 0 Å². The predicted octanol–water partition coefficient (Wildman–Crippen LogP) is 1.95. The van der Waals surface area contributed by atoms with Gasteiger partial charge in [-0.25, -0.2) is 0 Å². The van der Waals surface area contributed by atoms with Gasteiger partial charge in [0, 0.05) is 12.6 Å². The first-order chi connectivity index (χ1) is 12.6. The van der Waals surface area contributed by atoms with Crippen molar-refractivity contribution in [2.24, 2.45) is 0 Å². The lowest BCUT2D eigenvalue weighted by molar-refractivity contribution is -0.121. The molecule has 26 heavy (non-hydrogen) atoms. The molecule has 1 saturated heterocycles. The number of rotatable bonds is 4. The third-order valence-electron chi connectivity index (χ3n) is 4.96. The molecular formula is C20H21N3O3. The van der Waals surface area contributed by atoms with E-state index in [4.69, 9.17) is 4.74 Å². The molecular weight excluding hydrogens is 330 g/mol. The fourth-order valence-electron chi connectivity index (χ4n) is 3.71. The third-order valence-corrected chi connectivity index (χ3v) is 4.96. The summed E-state index contributed by atoms with van der Waals surface area (Å²) in [6, 6.07) is 15.0. The van der Waals surface area contributed by atoms with Gasteiger partial charge in [-0.3, -0.25) is 9.59 Å². The predicted molar refractivity (Wildman–Crippen MR) is 99.5 cm³/mol. The highest BCUT2D eigenvalue weighted by Crippen LogP contribution is 2.36. The monoisotopic (exact) mass is 351 g/mol. The summed E-state index contributed by atoms with van der Waals surface area (Å²) in [7, 11) is 1.62. The van der Waals surface area contributed by atoms with E-state index < -0.39 is 0 Å². The molecule has 2 aliphatic rings. The third kappa shape index (κ3) is 3.10. The van der Waals surface area contributed by atoms with E-state index in [9.17, 15) is 9.59 Å². The lowest BCUT2D eigenvalue weighted by atomic mass is 10.1. The number of ether oxygens (including phenoxy) is 1. The zero-order valence-corrected chi connectivity index (χ0v) is 14.6. The number of carbonyl (C=O) groups is 2. The second kappa shape index (κ2) is 6.71. The van der Waals surface area contributed by atoms with Gasteiger partial charge < -0.3 is 20.3 Å². The minimum absolute atomic E-state index is 0.00407. The maximum absolute atomic E-state index is 12.4. The van der Waals surface area contributed by atoms with Crippen molar-refractivity contribution in [1.82, 2.24) is 5.32 Å². The average molecular weight is 351 g/mol. The molecule has 0 saturated carbocycles. The summed E-state index contributed by atoms with van der Waals surface area (Å²) in [6.07, 6.45) is 0.933. The Kier molecular flexibility index (Phi) is 4.24. The van der Waals surface area contributed by atoms with E-state index in [-0.39, 0.29) is 23.9 Å². The second-order valence-electron chi connectivity index (χ2n) is 6.70. The Morgan fingerprint density at radius 2 is 2.00 bits per heavy atom. The van der Waals surface area contributed by atoms with E-state index in [0.717, 1.165) is 22.7 Å². The van der Waals surface area contributed by atoms with Crippen LogP contribution >= 0.6 is 0 Å². The Bertz CT molecular complexity index is 834. The van der Waals surface area contributed by atoms with Crippen LogP contribution in [-0.2, 0) is 16.0 Å². The molecule has 2 aromatic rings. The Balaban J connectivity index is 1.41. The van der Waals surface area contributed by atoms with E-state index in [1.165, 1.54) is 0 Å². The van der Waals surface area contributed by atoms with Crippen molar-refractivity contribution in [1.29, 1.82) is 0 Å². The van der Waals surface area contributed by atoms with Crippen LogP contribution in [0.5, 0.6) is 5.75 Å². The fourth-order valence-corrected chi connectivity index (χ4v) is 3.71. The molecule has 2 unspecified atom stereocenters. The van der Waals surface area contributed by atoms with Gasteiger partial charge in [-0.05, 0) is 36.2 Å². The van der Waals surface area contributed by atoms with Gasteiger partial charge in [0.15, 0.2) is 0 Å². The number of hydrogen-bond acceptors (Lipinski definition) is 4. The van der Waals surface area contributed by atoms with Crippen molar-refractivity contribution in [2.75, 3.05) is 23.9 Å². The summed E-state index contributed by atoms with van der Waals surface area (Å²) in [4.78, 5) is 26.8. The lowest BCUT2D eigenvalue weighted by Crippen LogP contribution is -2.44. The normalized spacial score (nSPS) is 20.8. The quantitative estimate of drug-likeness (QED) is 0.883. The zero-order valence-electron chi connectivity index (χ0n) is 14.6. The molecule has 134 valence electrons. The topological polar surface area (TPSA) is 70.7 Å². The minimum Gasteiger partial charge on any atom is -0.497 e. The van der Waals surface area contributed by atoms with Crippen LogP contribution in [0.1, 0.15) is 12.0 Å². The van der Waals surface area contributed by atoms with Crippen molar-refractivity contribution in [3.05, 3.63) is 54.1 Å². The van der Waals surface area contributed by atoms with E-state index in [1.807, 2.05) is 48.5 Å². The molecule has 1 fully saturated rings. The lowest BCUT2D eigenvalue weighted by Gasteiger charge is -2.32. The molecule has 2 amide bonds. The Labute approximate surface area is 152 Å². The number of methoxy groups -OCH3 is 1. The van der Waals surface area contributed by atoms with Crippen molar-refractivity contribution in [3.8, 4) is 5.75 Å². The van der Waals surface area contributed by atoms with Crippen molar-refractivity contribution < 1.29 is 14.3 Å². The van der Waals surface area contributed by atoms with Gasteiger partial charge in [0.05, 0.1) is 24.9 Å². The highest BCUT2D eigenvalue weighted by atomic mass is 16.5. The summed E-state index contributed by atoms with van der Waals surface area (Å²) in [5.74, 6) is 0.732. The van der Waals surface area contributed by atoms with Gasteiger partial charge in [0.2, 0.25) is 11.8 Å². The first kappa shape index (κ1) is 16.4. The Hall–Kier alpha value is -3.02. The summed E-state index contributed by atoms with van der Waals surface area (Å²) < 4.78 is 5.13. The molecule has 2 heterocycles. The molecule has 2 atom stereocenters. The van der Waals surface area contributed by atoms with Gasteiger partial charge in [0.1, 0.15) is 11.8 Å². The van der Waals surface area contributed by atoms with Crippen LogP contribution in [0.4, 0.5) is 11.4 Å². The standard InChI is InChI=1S/C20H21N3O3/c1-26-15-8-6-13(7-9-15)10-19(24)21-14-11-18-20(25)22-16-4-2-3-5-17(16)23(18)12-14/h2-9,14,18H,10-12H2,1H3,(H,21,24)(H,22,25). The Morgan fingerprint density at radius 3 is 2.77 bits per heavy atom. The van der Waals surface area contributed by atoms with Crippen molar-refractivity contribution in [2.45, 2.75) is 24.9 Å². The maximum atomic E-state index is 12.4. The Morgan fingerprint density at radius 1 is 1.23 bits per heavy atom. The summed E-state index contributed by atoms with van der Waals surface area (Å²) >= 11 is 0. The molecule has 4 rings (SSSR count). The fraction of sp³-hybridized carbons (Fsp3) is 0.300. The number of anilines is 2.